The summed E-state index contributed by atoms with van der Waals surface area (Å²) in [5.41, 5.74) is 0. The van der Waals surface area contributed by atoms with Gasteiger partial charge >= 0.3 is 0 Å². The summed E-state index contributed by atoms with van der Waals surface area (Å²) in [6.07, 6.45) is -4.35. The molecule has 0 bridgehead atoms. The van der Waals surface area contributed by atoms with Crippen LogP contribution in [-0.2, 0) is 14.3 Å². The summed E-state index contributed by atoms with van der Waals surface area (Å²) in [5, 5.41) is 30.7. The van der Waals surface area contributed by atoms with E-state index in [1.807, 2.05) is 13.8 Å². The Kier molecular flexibility index (Phi) is 8.05. The van der Waals surface area contributed by atoms with E-state index in [9.17, 15) is 15.0 Å². The van der Waals surface area contributed by atoms with Crippen LogP contribution in [0.25, 0.3) is 0 Å². The van der Waals surface area contributed by atoms with E-state index >= 15 is 0 Å². The summed E-state index contributed by atoms with van der Waals surface area (Å²) in [7, 11) is 1.35. The third-order valence-electron chi connectivity index (χ3n) is 2.48. The van der Waals surface area contributed by atoms with Crippen LogP contribution in [0.5, 0.6) is 0 Å². The van der Waals surface area contributed by atoms with E-state index in [1.54, 1.807) is 0 Å². The van der Waals surface area contributed by atoms with Crippen LogP contribution >= 0.6 is 0 Å². The average molecular weight is 265 g/mol. The molecule has 1 aliphatic rings. The van der Waals surface area contributed by atoms with Crippen molar-refractivity contribution in [2.75, 3.05) is 13.7 Å². The number of rotatable bonds is 3. The van der Waals surface area contributed by atoms with Gasteiger partial charge in [0.05, 0.1) is 6.61 Å². The Morgan fingerprint density at radius 3 is 2.28 bits per heavy atom. The fraction of sp³-hybridized carbons (Fsp3) is 0.909. The van der Waals surface area contributed by atoms with Crippen molar-refractivity contribution in [3.05, 3.63) is 0 Å². The lowest BCUT2D eigenvalue weighted by atomic mass is 9.97. The standard InChI is InChI=1S/C9H17NO6.C2H6/c1-4(12)10-6-8(14)7(13)5(3-11)16-9(6)15-2;1-2/h5-9,11,13-14H,3H2,1-2H3,(H,10,12);1-2H3. The molecule has 18 heavy (non-hydrogen) atoms. The highest BCUT2D eigenvalue weighted by molar-refractivity contribution is 5.73. The minimum absolute atomic E-state index is 0.371. The zero-order valence-corrected chi connectivity index (χ0v) is 11.2. The van der Waals surface area contributed by atoms with Gasteiger partial charge in [-0.15, -0.1) is 0 Å². The third kappa shape index (κ3) is 4.18. The van der Waals surface area contributed by atoms with Gasteiger partial charge in [0.1, 0.15) is 24.4 Å². The Labute approximate surface area is 107 Å². The van der Waals surface area contributed by atoms with Crippen molar-refractivity contribution >= 4 is 5.91 Å². The van der Waals surface area contributed by atoms with Crippen molar-refractivity contribution in [1.82, 2.24) is 5.32 Å². The lowest BCUT2D eigenvalue weighted by Gasteiger charge is -2.41. The highest BCUT2D eigenvalue weighted by atomic mass is 16.7. The molecule has 1 rings (SSSR count). The van der Waals surface area contributed by atoms with Crippen LogP contribution < -0.4 is 5.32 Å². The first-order chi connectivity index (χ1) is 8.51. The lowest BCUT2D eigenvalue weighted by molar-refractivity contribution is -0.262. The highest BCUT2D eigenvalue weighted by Crippen LogP contribution is 2.21. The predicted octanol–water partition coefficient (Wildman–Crippen LogP) is -1.40. The van der Waals surface area contributed by atoms with Crippen LogP contribution in [-0.4, -0.2) is 65.6 Å². The van der Waals surface area contributed by atoms with E-state index in [4.69, 9.17) is 14.6 Å². The van der Waals surface area contributed by atoms with Gasteiger partial charge in [-0.25, -0.2) is 0 Å². The number of nitrogens with one attached hydrogen (secondary N) is 1. The first-order valence-electron chi connectivity index (χ1n) is 5.93. The van der Waals surface area contributed by atoms with Gasteiger partial charge in [0.25, 0.3) is 0 Å². The molecule has 7 heteroatoms. The Bertz CT molecular complexity index is 248. The molecule has 1 aliphatic heterocycles. The van der Waals surface area contributed by atoms with Crippen molar-refractivity contribution < 1.29 is 29.6 Å². The summed E-state index contributed by atoms with van der Waals surface area (Å²) in [6, 6.07) is -0.861. The second kappa shape index (κ2) is 8.39. The first-order valence-corrected chi connectivity index (χ1v) is 5.93. The lowest BCUT2D eigenvalue weighted by Crippen LogP contribution is -2.64. The normalized spacial score (nSPS) is 35.4. The van der Waals surface area contributed by atoms with Crippen molar-refractivity contribution in [2.45, 2.75) is 51.4 Å². The van der Waals surface area contributed by atoms with Gasteiger partial charge in [-0.1, -0.05) is 13.8 Å². The Morgan fingerprint density at radius 1 is 1.33 bits per heavy atom. The van der Waals surface area contributed by atoms with E-state index in [0.717, 1.165) is 0 Å². The fourth-order valence-electron chi connectivity index (χ4n) is 1.67. The van der Waals surface area contributed by atoms with Gasteiger partial charge in [0.15, 0.2) is 6.29 Å². The fourth-order valence-corrected chi connectivity index (χ4v) is 1.67. The second-order valence-electron chi connectivity index (χ2n) is 3.67. The molecule has 1 amide bonds. The molecule has 0 saturated carbocycles. The van der Waals surface area contributed by atoms with E-state index < -0.39 is 37.3 Å². The minimum Gasteiger partial charge on any atom is -0.394 e. The molecule has 0 aromatic heterocycles. The van der Waals surface area contributed by atoms with Gasteiger partial charge in [-0.3, -0.25) is 4.79 Å². The molecule has 7 nitrogen and oxygen atoms in total. The molecule has 4 N–H and O–H groups in total. The van der Waals surface area contributed by atoms with Crippen LogP contribution in [0.15, 0.2) is 0 Å². The molecule has 0 spiro atoms. The first kappa shape index (κ1) is 17.3. The largest absolute Gasteiger partial charge is 0.394 e. The van der Waals surface area contributed by atoms with Crippen molar-refractivity contribution in [3.63, 3.8) is 0 Å². The number of hydrogen-bond donors (Lipinski definition) is 4. The molecule has 5 atom stereocenters. The topological polar surface area (TPSA) is 108 Å². The summed E-state index contributed by atoms with van der Waals surface area (Å²) in [6.45, 7) is 4.84. The molecule has 1 heterocycles. The van der Waals surface area contributed by atoms with Crippen molar-refractivity contribution in [2.24, 2.45) is 0 Å². The minimum atomic E-state index is -1.27. The smallest absolute Gasteiger partial charge is 0.217 e. The molecule has 5 unspecified atom stereocenters. The molecule has 1 saturated heterocycles. The number of aliphatic hydroxyl groups is 3. The Hall–Kier alpha value is -0.730. The zero-order valence-electron chi connectivity index (χ0n) is 11.2. The van der Waals surface area contributed by atoms with Crippen LogP contribution in [0.2, 0.25) is 0 Å². The number of ether oxygens (including phenoxy) is 2. The quantitative estimate of drug-likeness (QED) is 0.500. The number of hydrogen-bond acceptors (Lipinski definition) is 6. The molecular weight excluding hydrogens is 242 g/mol. The molecule has 108 valence electrons. The molecule has 1 fully saturated rings. The average Bonchev–Trinajstić information content (AvgIpc) is 2.37. The predicted molar refractivity (Wildman–Crippen MR) is 63.7 cm³/mol. The maximum atomic E-state index is 10.9. The summed E-state index contributed by atoms with van der Waals surface area (Å²) in [4.78, 5) is 10.9. The van der Waals surface area contributed by atoms with E-state index in [2.05, 4.69) is 5.32 Å². The van der Waals surface area contributed by atoms with Crippen LogP contribution in [0.4, 0.5) is 0 Å². The summed E-state index contributed by atoms with van der Waals surface area (Å²) < 4.78 is 10.1. The van der Waals surface area contributed by atoms with Gasteiger partial charge in [-0.2, -0.15) is 0 Å². The summed E-state index contributed by atoms with van der Waals surface area (Å²) in [5.74, 6) is -0.371. The Balaban J connectivity index is 0.00000137. The number of carbonyl (C=O) groups is 1. The van der Waals surface area contributed by atoms with E-state index in [1.165, 1.54) is 14.0 Å². The second-order valence-corrected chi connectivity index (χ2v) is 3.67. The highest BCUT2D eigenvalue weighted by Gasteiger charge is 2.44. The SMILES string of the molecule is CC.COC1OC(CO)C(O)C(O)C1NC(C)=O. The van der Waals surface area contributed by atoms with Crippen LogP contribution in [0, 0.1) is 0 Å². The number of amides is 1. The summed E-state index contributed by atoms with van der Waals surface area (Å²) >= 11 is 0. The van der Waals surface area contributed by atoms with Crippen LogP contribution in [0.1, 0.15) is 20.8 Å². The maximum Gasteiger partial charge on any atom is 0.217 e. The Morgan fingerprint density at radius 2 is 1.89 bits per heavy atom. The zero-order chi connectivity index (χ0) is 14.3. The van der Waals surface area contributed by atoms with Crippen LogP contribution in [0.3, 0.4) is 0 Å². The van der Waals surface area contributed by atoms with Gasteiger partial charge in [-0.05, 0) is 0 Å². The van der Waals surface area contributed by atoms with Gasteiger partial charge in [0.2, 0.25) is 5.91 Å². The monoisotopic (exact) mass is 265 g/mol. The molecule has 0 radical (unpaired) electrons. The van der Waals surface area contributed by atoms with Gasteiger partial charge < -0.3 is 30.1 Å². The van der Waals surface area contributed by atoms with Crippen molar-refractivity contribution in [1.29, 1.82) is 0 Å². The molecule has 0 aliphatic carbocycles. The number of methoxy groups -OCH3 is 1. The maximum absolute atomic E-state index is 10.9. The molecular formula is C11H23NO6. The van der Waals surface area contributed by atoms with E-state index in [0.29, 0.717) is 0 Å². The molecule has 0 aromatic rings. The number of aliphatic hydroxyl groups excluding tert-OH is 3. The van der Waals surface area contributed by atoms with E-state index in [-0.39, 0.29) is 5.91 Å². The number of carbonyl (C=O) groups excluding carboxylic acids is 1. The van der Waals surface area contributed by atoms with Crippen molar-refractivity contribution in [3.8, 4) is 0 Å². The third-order valence-corrected chi connectivity index (χ3v) is 2.48. The van der Waals surface area contributed by atoms with Gasteiger partial charge in [0, 0.05) is 14.0 Å². The molecule has 0 aromatic carbocycles.